The highest BCUT2D eigenvalue weighted by Crippen LogP contribution is 2.35. The lowest BCUT2D eigenvalue weighted by Crippen LogP contribution is -2.01. The van der Waals surface area contributed by atoms with E-state index in [-0.39, 0.29) is 6.10 Å². The van der Waals surface area contributed by atoms with Gasteiger partial charge in [0.05, 0.1) is 26.0 Å². The second kappa shape index (κ2) is 5.14. The molecule has 4 nitrogen and oxygen atoms in total. The third kappa shape index (κ3) is 2.49. The summed E-state index contributed by atoms with van der Waals surface area (Å²) in [6, 6.07) is 3.49. The average Bonchev–Trinajstić information content (AvgIpc) is 2.27. The van der Waals surface area contributed by atoms with E-state index in [9.17, 15) is 0 Å². The van der Waals surface area contributed by atoms with Gasteiger partial charge in [-0.2, -0.15) is 0 Å². The van der Waals surface area contributed by atoms with Crippen LogP contribution in [-0.4, -0.2) is 14.2 Å². The van der Waals surface area contributed by atoms with Crippen molar-refractivity contribution in [2.75, 3.05) is 20.0 Å². The van der Waals surface area contributed by atoms with Gasteiger partial charge < -0.3 is 19.4 Å². The molecule has 0 radical (unpaired) electrons. The highest BCUT2D eigenvalue weighted by molar-refractivity contribution is 7.75. The quantitative estimate of drug-likeness (QED) is 0.472. The number of nitrogens with two attached hydrogens (primary N) is 1. The largest absolute Gasteiger partial charge is 0.496 e. The number of nitrogen functional groups attached to an aromatic ring is 1. The molecule has 0 bridgehead atoms. The fourth-order valence-corrected chi connectivity index (χ4v) is 1.43. The molecule has 2 N–H and O–H groups in total. The van der Waals surface area contributed by atoms with Crippen molar-refractivity contribution in [2.45, 2.75) is 13.0 Å². The first-order chi connectivity index (χ1) is 7.13. The van der Waals surface area contributed by atoms with Crippen molar-refractivity contribution in [2.24, 2.45) is 0 Å². The Morgan fingerprint density at radius 2 is 1.80 bits per heavy atom. The van der Waals surface area contributed by atoms with E-state index in [1.54, 1.807) is 26.4 Å². The number of hydrogen-bond donors (Lipinski definition) is 2. The predicted octanol–water partition coefficient (Wildman–Crippen LogP) is 2.21. The van der Waals surface area contributed by atoms with Crippen LogP contribution >= 0.6 is 12.9 Å². The Hall–Kier alpha value is -1.07. The number of anilines is 1. The highest BCUT2D eigenvalue weighted by Gasteiger charge is 2.14. The van der Waals surface area contributed by atoms with Crippen LogP contribution in [0.5, 0.6) is 11.5 Å². The Morgan fingerprint density at radius 3 is 2.27 bits per heavy atom. The molecule has 0 fully saturated rings. The van der Waals surface area contributed by atoms with Crippen molar-refractivity contribution in [3.63, 3.8) is 0 Å². The van der Waals surface area contributed by atoms with Crippen LogP contribution in [0.3, 0.4) is 0 Å². The zero-order valence-corrected chi connectivity index (χ0v) is 9.88. The van der Waals surface area contributed by atoms with Crippen LogP contribution in [0.1, 0.15) is 18.6 Å². The van der Waals surface area contributed by atoms with E-state index in [1.165, 1.54) is 0 Å². The van der Waals surface area contributed by atoms with Gasteiger partial charge >= 0.3 is 0 Å². The second-order valence-electron chi connectivity index (χ2n) is 3.08. The van der Waals surface area contributed by atoms with Crippen molar-refractivity contribution in [3.05, 3.63) is 17.7 Å². The van der Waals surface area contributed by atoms with Crippen LogP contribution in [0.4, 0.5) is 5.69 Å². The van der Waals surface area contributed by atoms with Crippen molar-refractivity contribution in [1.29, 1.82) is 0 Å². The minimum Gasteiger partial charge on any atom is -0.496 e. The third-order valence-electron chi connectivity index (χ3n) is 2.18. The molecule has 1 unspecified atom stereocenters. The maximum absolute atomic E-state index is 5.75. The van der Waals surface area contributed by atoms with Gasteiger partial charge in [0.2, 0.25) is 0 Å². The molecule has 1 atom stereocenters. The molecule has 0 aliphatic heterocycles. The van der Waals surface area contributed by atoms with E-state index in [2.05, 4.69) is 12.9 Å². The fourth-order valence-electron chi connectivity index (χ4n) is 1.32. The second-order valence-corrected chi connectivity index (χ2v) is 3.29. The zero-order chi connectivity index (χ0) is 11.4. The summed E-state index contributed by atoms with van der Waals surface area (Å²) in [5.74, 6) is 1.26. The first-order valence-corrected chi connectivity index (χ1v) is 4.82. The summed E-state index contributed by atoms with van der Waals surface area (Å²) < 4.78 is 15.3. The molecule has 84 valence electrons. The Morgan fingerprint density at radius 1 is 1.20 bits per heavy atom. The Balaban J connectivity index is 3.22. The first-order valence-electron chi connectivity index (χ1n) is 4.45. The SMILES string of the molecule is COc1cc(C(C)OS)c(OC)cc1N. The lowest BCUT2D eigenvalue weighted by atomic mass is 10.1. The lowest BCUT2D eigenvalue weighted by molar-refractivity contribution is 0.268. The van der Waals surface area contributed by atoms with E-state index in [1.807, 2.05) is 6.92 Å². The lowest BCUT2D eigenvalue weighted by Gasteiger charge is -2.16. The van der Waals surface area contributed by atoms with Crippen molar-refractivity contribution in [3.8, 4) is 11.5 Å². The van der Waals surface area contributed by atoms with Crippen LogP contribution in [0, 0.1) is 0 Å². The van der Waals surface area contributed by atoms with E-state index < -0.39 is 0 Å². The molecule has 0 spiro atoms. The van der Waals surface area contributed by atoms with Gasteiger partial charge in [-0.3, -0.25) is 0 Å². The summed E-state index contributed by atoms with van der Waals surface area (Å²) in [6.07, 6.45) is -0.196. The van der Waals surface area contributed by atoms with Gasteiger partial charge in [-0.15, -0.1) is 0 Å². The molecule has 15 heavy (non-hydrogen) atoms. The number of rotatable bonds is 4. The van der Waals surface area contributed by atoms with Gasteiger partial charge in [0.25, 0.3) is 0 Å². The van der Waals surface area contributed by atoms with E-state index in [0.717, 1.165) is 5.56 Å². The molecule has 1 rings (SSSR count). The van der Waals surface area contributed by atoms with Gasteiger partial charge in [-0.05, 0) is 25.9 Å². The van der Waals surface area contributed by atoms with Crippen LogP contribution < -0.4 is 15.2 Å². The Labute approximate surface area is 94.9 Å². The monoisotopic (exact) mass is 229 g/mol. The molecule has 0 aliphatic rings. The topological polar surface area (TPSA) is 53.7 Å². The number of hydrogen-bond acceptors (Lipinski definition) is 5. The molecule has 0 saturated carbocycles. The van der Waals surface area contributed by atoms with Crippen molar-refractivity contribution < 1.29 is 13.7 Å². The molecule has 0 heterocycles. The van der Waals surface area contributed by atoms with Crippen LogP contribution in [0.2, 0.25) is 0 Å². The summed E-state index contributed by atoms with van der Waals surface area (Å²) >= 11 is 3.77. The third-order valence-corrected chi connectivity index (χ3v) is 2.49. The number of methoxy groups -OCH3 is 2. The van der Waals surface area contributed by atoms with E-state index >= 15 is 0 Å². The molecular weight excluding hydrogens is 214 g/mol. The molecule has 5 heteroatoms. The molecule has 1 aromatic carbocycles. The van der Waals surface area contributed by atoms with Gasteiger partial charge in [-0.25, -0.2) is 0 Å². The Bertz CT molecular complexity index is 344. The van der Waals surface area contributed by atoms with Crippen LogP contribution in [-0.2, 0) is 4.18 Å². The Kier molecular flexibility index (Phi) is 4.11. The first kappa shape index (κ1) is 12.0. The molecule has 1 aromatic rings. The molecular formula is C10H15NO3S. The smallest absolute Gasteiger partial charge is 0.142 e. The predicted molar refractivity (Wildman–Crippen MR) is 62.4 cm³/mol. The molecule has 0 aliphatic carbocycles. The summed E-state index contributed by atoms with van der Waals surface area (Å²) in [6.45, 7) is 1.86. The number of thiol groups is 1. The number of ether oxygens (including phenoxy) is 2. The van der Waals surface area contributed by atoms with Gasteiger partial charge in [0.15, 0.2) is 0 Å². The maximum atomic E-state index is 5.75. The highest BCUT2D eigenvalue weighted by atomic mass is 32.1. The summed E-state index contributed by atoms with van der Waals surface area (Å²) in [7, 11) is 3.14. The number of benzene rings is 1. The maximum Gasteiger partial charge on any atom is 0.142 e. The summed E-state index contributed by atoms with van der Waals surface area (Å²) in [4.78, 5) is 0. The van der Waals surface area contributed by atoms with Gasteiger partial charge in [0.1, 0.15) is 11.5 Å². The van der Waals surface area contributed by atoms with Crippen molar-refractivity contribution in [1.82, 2.24) is 0 Å². The molecule has 0 amide bonds. The van der Waals surface area contributed by atoms with E-state index in [4.69, 9.17) is 19.4 Å². The summed E-state index contributed by atoms with van der Waals surface area (Å²) in [5.41, 5.74) is 7.13. The zero-order valence-electron chi connectivity index (χ0n) is 8.98. The van der Waals surface area contributed by atoms with Gasteiger partial charge in [-0.1, -0.05) is 0 Å². The van der Waals surface area contributed by atoms with Crippen LogP contribution in [0.15, 0.2) is 12.1 Å². The normalized spacial score (nSPS) is 12.3. The summed E-state index contributed by atoms with van der Waals surface area (Å²) in [5, 5.41) is 0. The fraction of sp³-hybridized carbons (Fsp3) is 0.400. The van der Waals surface area contributed by atoms with Crippen molar-refractivity contribution >= 4 is 18.6 Å². The van der Waals surface area contributed by atoms with Gasteiger partial charge in [0, 0.05) is 11.6 Å². The minimum atomic E-state index is -0.196. The standard InChI is InChI=1S/C10H15NO3S/c1-6(14-15)7-4-10(13-3)8(11)5-9(7)12-2/h4-6,15H,11H2,1-3H3. The van der Waals surface area contributed by atoms with E-state index in [0.29, 0.717) is 17.2 Å². The average molecular weight is 229 g/mol. The molecule has 0 saturated heterocycles. The molecule has 0 aromatic heterocycles. The minimum absolute atomic E-state index is 0.196. The van der Waals surface area contributed by atoms with Crippen LogP contribution in [0.25, 0.3) is 0 Å².